The molecule has 1 fully saturated rings. The minimum absolute atomic E-state index is 0.0544. The average Bonchev–Trinajstić information content (AvgIpc) is 3.21. The van der Waals surface area contributed by atoms with Crippen LogP contribution in [0.15, 0.2) is 64.0 Å². The van der Waals surface area contributed by atoms with Gasteiger partial charge in [0.15, 0.2) is 0 Å². The maximum Gasteiger partial charge on any atom is 0.269 e. The monoisotopic (exact) mass is 431 g/mol. The number of nitro groups is 1. The van der Waals surface area contributed by atoms with E-state index in [1.165, 1.54) is 42.7 Å². The van der Waals surface area contributed by atoms with E-state index in [9.17, 15) is 10.1 Å². The molecule has 0 saturated heterocycles. The minimum Gasteiger partial charge on any atom is -0.258 e. The number of thiazole rings is 1. The zero-order chi connectivity index (χ0) is 21.6. The summed E-state index contributed by atoms with van der Waals surface area (Å²) in [6.07, 6.45) is 7.57. The van der Waals surface area contributed by atoms with Gasteiger partial charge < -0.3 is 0 Å². The van der Waals surface area contributed by atoms with E-state index in [0.29, 0.717) is 11.6 Å². The molecule has 1 aliphatic rings. The van der Waals surface area contributed by atoms with Crippen LogP contribution in [0.25, 0.3) is 11.3 Å². The lowest BCUT2D eigenvalue weighted by molar-refractivity contribution is -0.384. The number of nitrogens with zero attached hydrogens (tertiary/aromatic N) is 5. The first-order valence-electron chi connectivity index (χ1n) is 10.2. The highest BCUT2D eigenvalue weighted by atomic mass is 32.1. The highest BCUT2D eigenvalue weighted by molar-refractivity contribution is 7.07. The third-order valence-corrected chi connectivity index (χ3v) is 6.12. The first kappa shape index (κ1) is 20.7. The molecule has 1 heterocycles. The Morgan fingerprint density at radius 2 is 1.81 bits per heavy atom. The lowest BCUT2D eigenvalue weighted by Crippen LogP contribution is -2.19. The Morgan fingerprint density at radius 1 is 1.10 bits per heavy atom. The number of hydrogen-bond donors (Lipinski definition) is 0. The van der Waals surface area contributed by atoms with Crippen LogP contribution in [0.2, 0.25) is 0 Å². The SMILES string of the molecule is N#Cc1ccc(C=Nn2c(-c3ccc([N+](=O)[O-])cc3)csc2=NC2CCCCC2)cc1. The van der Waals surface area contributed by atoms with Crippen molar-refractivity contribution in [1.82, 2.24) is 4.68 Å². The highest BCUT2D eigenvalue weighted by Gasteiger charge is 2.14. The Bertz CT molecular complexity index is 1190. The Balaban J connectivity index is 1.74. The molecule has 31 heavy (non-hydrogen) atoms. The number of nitriles is 1. The Morgan fingerprint density at radius 3 is 2.45 bits per heavy atom. The molecule has 7 nitrogen and oxygen atoms in total. The molecular formula is C23H21N5O2S. The molecular weight excluding hydrogens is 410 g/mol. The molecule has 2 aromatic carbocycles. The standard InChI is InChI=1S/C23H21N5O2S/c24-14-17-6-8-18(9-7-17)15-25-27-22(19-10-12-21(13-11-19)28(29)30)16-31-23(27)26-20-4-2-1-3-5-20/h6-13,15-16,20H,1-5H2. The molecule has 0 aliphatic heterocycles. The van der Waals surface area contributed by atoms with Gasteiger partial charge in [0, 0.05) is 23.1 Å². The summed E-state index contributed by atoms with van der Waals surface area (Å²) in [5.74, 6) is 0. The predicted molar refractivity (Wildman–Crippen MR) is 121 cm³/mol. The van der Waals surface area contributed by atoms with E-state index >= 15 is 0 Å². The number of non-ortho nitro benzene ring substituents is 1. The quantitative estimate of drug-likeness (QED) is 0.319. The van der Waals surface area contributed by atoms with Gasteiger partial charge in [-0.2, -0.15) is 10.4 Å². The van der Waals surface area contributed by atoms with Gasteiger partial charge in [-0.05, 0) is 42.7 Å². The summed E-state index contributed by atoms with van der Waals surface area (Å²) in [5, 5.41) is 26.6. The second kappa shape index (κ2) is 9.49. The molecule has 156 valence electrons. The molecule has 0 N–H and O–H groups in total. The van der Waals surface area contributed by atoms with Crippen LogP contribution >= 0.6 is 11.3 Å². The zero-order valence-corrected chi connectivity index (χ0v) is 17.7. The van der Waals surface area contributed by atoms with Gasteiger partial charge in [0.1, 0.15) is 0 Å². The van der Waals surface area contributed by atoms with Gasteiger partial charge in [0.05, 0.1) is 34.5 Å². The van der Waals surface area contributed by atoms with Gasteiger partial charge in [-0.1, -0.05) is 31.4 Å². The molecule has 3 aromatic rings. The number of nitro benzene ring substituents is 1. The van der Waals surface area contributed by atoms with E-state index in [0.717, 1.165) is 34.5 Å². The minimum atomic E-state index is -0.404. The van der Waals surface area contributed by atoms with Crippen molar-refractivity contribution < 1.29 is 4.92 Å². The first-order chi connectivity index (χ1) is 15.1. The van der Waals surface area contributed by atoms with Crippen LogP contribution in [0.4, 0.5) is 5.69 Å². The average molecular weight is 432 g/mol. The first-order valence-corrected chi connectivity index (χ1v) is 11.1. The lowest BCUT2D eigenvalue weighted by atomic mass is 9.96. The topological polar surface area (TPSA) is 96.6 Å². The molecule has 1 aromatic heterocycles. The van der Waals surface area contributed by atoms with Crippen LogP contribution in [0.3, 0.4) is 0 Å². The maximum atomic E-state index is 11.0. The molecule has 0 bridgehead atoms. The van der Waals surface area contributed by atoms with Crippen LogP contribution in [0.5, 0.6) is 0 Å². The van der Waals surface area contributed by atoms with Crippen molar-refractivity contribution in [3.05, 3.63) is 80.0 Å². The fourth-order valence-electron chi connectivity index (χ4n) is 3.59. The predicted octanol–water partition coefficient (Wildman–Crippen LogP) is 5.11. The fourth-order valence-corrected chi connectivity index (χ4v) is 4.50. The lowest BCUT2D eigenvalue weighted by Gasteiger charge is -2.16. The molecule has 4 rings (SSSR count). The molecule has 0 amide bonds. The largest absolute Gasteiger partial charge is 0.269 e. The van der Waals surface area contributed by atoms with Crippen LogP contribution in [0, 0.1) is 21.4 Å². The molecule has 0 spiro atoms. The van der Waals surface area contributed by atoms with Crippen molar-refractivity contribution in [3.8, 4) is 17.3 Å². The van der Waals surface area contributed by atoms with Gasteiger partial charge in [-0.15, -0.1) is 11.3 Å². The summed E-state index contributed by atoms with van der Waals surface area (Å²) in [7, 11) is 0. The fraction of sp³-hybridized carbons (Fsp3) is 0.261. The van der Waals surface area contributed by atoms with Gasteiger partial charge >= 0.3 is 0 Å². The van der Waals surface area contributed by atoms with Crippen molar-refractivity contribution in [2.24, 2.45) is 10.1 Å². The summed E-state index contributed by atoms with van der Waals surface area (Å²) in [6, 6.07) is 16.1. The number of aromatic nitrogens is 1. The van der Waals surface area contributed by atoms with Crippen LogP contribution < -0.4 is 4.80 Å². The smallest absolute Gasteiger partial charge is 0.258 e. The summed E-state index contributed by atoms with van der Waals surface area (Å²) in [5.41, 5.74) is 3.19. The van der Waals surface area contributed by atoms with Crippen molar-refractivity contribution >= 4 is 23.2 Å². The van der Waals surface area contributed by atoms with Gasteiger partial charge in [0.2, 0.25) is 4.80 Å². The Hall–Kier alpha value is -3.57. The Kier molecular flexibility index (Phi) is 6.34. The van der Waals surface area contributed by atoms with Crippen molar-refractivity contribution in [3.63, 3.8) is 0 Å². The third kappa shape index (κ3) is 4.95. The van der Waals surface area contributed by atoms with Crippen LogP contribution in [-0.4, -0.2) is 21.9 Å². The Labute approximate surface area is 183 Å². The summed E-state index contributed by atoms with van der Waals surface area (Å²) < 4.78 is 1.80. The van der Waals surface area contributed by atoms with Gasteiger partial charge in [0.25, 0.3) is 5.69 Å². The van der Waals surface area contributed by atoms with Gasteiger partial charge in [-0.3, -0.25) is 15.1 Å². The summed E-state index contributed by atoms with van der Waals surface area (Å²) in [6.45, 7) is 0. The zero-order valence-electron chi connectivity index (χ0n) is 16.8. The number of benzene rings is 2. The van der Waals surface area contributed by atoms with Crippen molar-refractivity contribution in [2.75, 3.05) is 0 Å². The molecule has 8 heteroatoms. The van der Waals surface area contributed by atoms with E-state index in [4.69, 9.17) is 10.3 Å². The number of rotatable bonds is 5. The van der Waals surface area contributed by atoms with E-state index in [1.54, 1.807) is 35.2 Å². The maximum absolute atomic E-state index is 11.0. The normalized spacial score (nSPS) is 15.3. The van der Waals surface area contributed by atoms with Crippen molar-refractivity contribution in [2.45, 2.75) is 38.1 Å². The molecule has 0 atom stereocenters. The van der Waals surface area contributed by atoms with E-state index in [2.05, 4.69) is 11.2 Å². The molecule has 1 aliphatic carbocycles. The number of hydrogen-bond acceptors (Lipinski definition) is 6. The molecule has 1 saturated carbocycles. The second-order valence-corrected chi connectivity index (χ2v) is 8.26. The second-order valence-electron chi connectivity index (χ2n) is 7.42. The van der Waals surface area contributed by atoms with E-state index in [1.807, 2.05) is 17.5 Å². The van der Waals surface area contributed by atoms with Gasteiger partial charge in [-0.25, -0.2) is 4.68 Å². The molecule has 0 radical (unpaired) electrons. The third-order valence-electron chi connectivity index (χ3n) is 5.29. The highest BCUT2D eigenvalue weighted by Crippen LogP contribution is 2.24. The van der Waals surface area contributed by atoms with Crippen LogP contribution in [-0.2, 0) is 0 Å². The van der Waals surface area contributed by atoms with E-state index < -0.39 is 4.92 Å². The summed E-state index contributed by atoms with van der Waals surface area (Å²) >= 11 is 1.52. The van der Waals surface area contributed by atoms with E-state index in [-0.39, 0.29) is 5.69 Å². The molecule has 0 unspecified atom stereocenters. The van der Waals surface area contributed by atoms with Crippen molar-refractivity contribution in [1.29, 1.82) is 5.26 Å². The summed E-state index contributed by atoms with van der Waals surface area (Å²) in [4.78, 5) is 16.4. The van der Waals surface area contributed by atoms with Crippen LogP contribution in [0.1, 0.15) is 43.2 Å².